The van der Waals surface area contributed by atoms with Crippen LogP contribution in [0.4, 0.5) is 0 Å². The maximum absolute atomic E-state index is 6.37. The van der Waals surface area contributed by atoms with Gasteiger partial charge in [0.05, 0.1) is 24.3 Å². The number of aromatic nitrogens is 2. The molecule has 1 aromatic heterocycles. The summed E-state index contributed by atoms with van der Waals surface area (Å²) in [4.78, 5) is 4.47. The summed E-state index contributed by atoms with van der Waals surface area (Å²) in [5, 5.41) is 4.50. The molecule has 0 bridgehead atoms. The monoisotopic (exact) mass is 373 g/mol. The molecule has 6 nitrogen and oxygen atoms in total. The Hall–Kier alpha value is -1.50. The first-order valence-electron chi connectivity index (χ1n) is 7.71. The van der Waals surface area contributed by atoms with Crippen LogP contribution in [-0.2, 0) is 5.54 Å². The molecule has 0 amide bonds. The summed E-state index contributed by atoms with van der Waals surface area (Å²) in [6.45, 7) is 2.38. The van der Waals surface area contributed by atoms with E-state index < -0.39 is 5.54 Å². The molecular formula is C16H21Cl2N3O3. The fourth-order valence-corrected chi connectivity index (χ4v) is 3.17. The maximum Gasteiger partial charge on any atom is 0.258 e. The van der Waals surface area contributed by atoms with Crippen molar-refractivity contribution in [1.29, 1.82) is 0 Å². The lowest BCUT2D eigenvalue weighted by atomic mass is 9.99. The highest BCUT2D eigenvalue weighted by Gasteiger charge is 2.36. The summed E-state index contributed by atoms with van der Waals surface area (Å²) < 4.78 is 16.2. The second-order valence-corrected chi connectivity index (χ2v) is 6.12. The van der Waals surface area contributed by atoms with Crippen LogP contribution in [0, 0.1) is 0 Å². The minimum absolute atomic E-state index is 0. The number of hydrogen-bond donors (Lipinski definition) is 1. The molecule has 0 saturated heterocycles. The van der Waals surface area contributed by atoms with Crippen molar-refractivity contribution in [3.63, 3.8) is 0 Å². The highest BCUT2D eigenvalue weighted by atomic mass is 35.5. The van der Waals surface area contributed by atoms with Crippen LogP contribution in [0.15, 0.2) is 16.7 Å². The Labute approximate surface area is 152 Å². The molecule has 1 saturated carbocycles. The molecule has 1 aliphatic carbocycles. The average molecular weight is 374 g/mol. The fourth-order valence-electron chi connectivity index (χ4n) is 2.90. The van der Waals surface area contributed by atoms with E-state index in [4.69, 9.17) is 31.3 Å². The Morgan fingerprint density at radius 1 is 1.33 bits per heavy atom. The van der Waals surface area contributed by atoms with Gasteiger partial charge in [-0.2, -0.15) is 4.98 Å². The van der Waals surface area contributed by atoms with Gasteiger partial charge in [0.1, 0.15) is 0 Å². The third kappa shape index (κ3) is 3.45. The average Bonchev–Trinajstić information content (AvgIpc) is 3.19. The van der Waals surface area contributed by atoms with Gasteiger partial charge in [0.2, 0.25) is 0 Å². The van der Waals surface area contributed by atoms with E-state index in [1.807, 2.05) is 6.92 Å². The zero-order valence-corrected chi connectivity index (χ0v) is 15.2. The third-order valence-electron chi connectivity index (χ3n) is 4.13. The van der Waals surface area contributed by atoms with Crippen LogP contribution in [0.2, 0.25) is 5.02 Å². The molecule has 0 atom stereocenters. The summed E-state index contributed by atoms with van der Waals surface area (Å²) >= 11 is 6.28. The van der Waals surface area contributed by atoms with Crippen LogP contribution in [0.1, 0.15) is 38.4 Å². The van der Waals surface area contributed by atoms with E-state index in [0.29, 0.717) is 40.4 Å². The van der Waals surface area contributed by atoms with E-state index in [2.05, 4.69) is 10.1 Å². The Balaban J connectivity index is 0.00000208. The van der Waals surface area contributed by atoms with E-state index in [-0.39, 0.29) is 12.4 Å². The minimum atomic E-state index is -0.485. The largest absolute Gasteiger partial charge is 0.493 e. The van der Waals surface area contributed by atoms with Gasteiger partial charge >= 0.3 is 0 Å². The van der Waals surface area contributed by atoms with Crippen molar-refractivity contribution in [2.45, 2.75) is 38.1 Å². The smallest absolute Gasteiger partial charge is 0.258 e. The molecule has 1 fully saturated rings. The van der Waals surface area contributed by atoms with Crippen molar-refractivity contribution in [2.24, 2.45) is 5.73 Å². The van der Waals surface area contributed by atoms with Crippen LogP contribution < -0.4 is 15.2 Å². The zero-order valence-electron chi connectivity index (χ0n) is 13.7. The van der Waals surface area contributed by atoms with E-state index >= 15 is 0 Å². The fraction of sp³-hybridized carbons (Fsp3) is 0.500. The van der Waals surface area contributed by atoms with Gasteiger partial charge in [0.25, 0.3) is 5.89 Å². The number of nitrogens with zero attached hydrogens (tertiary/aromatic N) is 2. The van der Waals surface area contributed by atoms with Crippen LogP contribution in [0.25, 0.3) is 11.5 Å². The van der Waals surface area contributed by atoms with E-state index in [9.17, 15) is 0 Å². The van der Waals surface area contributed by atoms with Crippen molar-refractivity contribution in [3.05, 3.63) is 23.0 Å². The second kappa shape index (κ2) is 7.59. The van der Waals surface area contributed by atoms with Crippen molar-refractivity contribution in [3.8, 4) is 23.0 Å². The first-order chi connectivity index (χ1) is 11.1. The molecule has 0 spiro atoms. The van der Waals surface area contributed by atoms with Crippen LogP contribution in [0.5, 0.6) is 11.5 Å². The number of ether oxygens (including phenoxy) is 2. The van der Waals surface area contributed by atoms with Crippen molar-refractivity contribution < 1.29 is 14.0 Å². The Morgan fingerprint density at radius 3 is 2.67 bits per heavy atom. The van der Waals surface area contributed by atoms with Gasteiger partial charge < -0.3 is 19.7 Å². The van der Waals surface area contributed by atoms with Crippen molar-refractivity contribution in [2.75, 3.05) is 13.7 Å². The first kappa shape index (κ1) is 18.8. The normalized spacial score (nSPS) is 15.8. The molecular weight excluding hydrogens is 353 g/mol. The molecule has 8 heteroatoms. The Kier molecular flexibility index (Phi) is 5.96. The highest BCUT2D eigenvalue weighted by molar-refractivity contribution is 6.32. The van der Waals surface area contributed by atoms with Gasteiger partial charge in [0, 0.05) is 5.56 Å². The predicted octanol–water partition coefficient (Wildman–Crippen LogP) is 3.95. The molecule has 0 unspecified atom stereocenters. The first-order valence-corrected chi connectivity index (χ1v) is 8.09. The number of methoxy groups -OCH3 is 1. The van der Waals surface area contributed by atoms with Crippen LogP contribution in [-0.4, -0.2) is 23.9 Å². The van der Waals surface area contributed by atoms with Gasteiger partial charge in [-0.25, -0.2) is 0 Å². The summed E-state index contributed by atoms with van der Waals surface area (Å²) in [7, 11) is 1.56. The van der Waals surface area contributed by atoms with E-state index in [1.54, 1.807) is 19.2 Å². The SMILES string of the molecule is CCOc1c(Cl)cc(-c2nc(C3(N)CCCC3)no2)cc1OC.Cl. The van der Waals surface area contributed by atoms with E-state index in [1.165, 1.54) is 0 Å². The standard InChI is InChI=1S/C16H20ClN3O3.ClH/c1-3-22-13-11(17)8-10(9-12(13)21-2)14-19-15(20-23-14)16(18)6-4-5-7-16;/h8-9H,3-7,18H2,1-2H3;1H. The Morgan fingerprint density at radius 2 is 2.04 bits per heavy atom. The van der Waals surface area contributed by atoms with Gasteiger partial charge in [-0.15, -0.1) is 12.4 Å². The number of benzene rings is 1. The number of hydrogen-bond acceptors (Lipinski definition) is 6. The molecule has 3 rings (SSSR count). The van der Waals surface area contributed by atoms with Gasteiger partial charge in [0.15, 0.2) is 17.3 Å². The number of halogens is 2. The zero-order chi connectivity index (χ0) is 16.4. The summed E-state index contributed by atoms with van der Waals surface area (Å²) in [5.41, 5.74) is 6.56. The molecule has 24 heavy (non-hydrogen) atoms. The number of nitrogens with two attached hydrogens (primary N) is 1. The lowest BCUT2D eigenvalue weighted by Gasteiger charge is -2.17. The predicted molar refractivity (Wildman–Crippen MR) is 94.0 cm³/mol. The van der Waals surface area contributed by atoms with Crippen molar-refractivity contribution >= 4 is 24.0 Å². The quantitative estimate of drug-likeness (QED) is 0.853. The molecule has 1 heterocycles. The number of rotatable bonds is 5. The third-order valence-corrected chi connectivity index (χ3v) is 4.41. The Bertz CT molecular complexity index is 700. The van der Waals surface area contributed by atoms with Crippen molar-refractivity contribution in [1.82, 2.24) is 10.1 Å². The molecule has 0 aliphatic heterocycles. The second-order valence-electron chi connectivity index (χ2n) is 5.71. The molecule has 2 N–H and O–H groups in total. The summed E-state index contributed by atoms with van der Waals surface area (Å²) in [6, 6.07) is 3.50. The highest BCUT2D eigenvalue weighted by Crippen LogP contribution is 2.40. The van der Waals surface area contributed by atoms with Gasteiger partial charge in [-0.3, -0.25) is 0 Å². The minimum Gasteiger partial charge on any atom is -0.493 e. The van der Waals surface area contributed by atoms with Gasteiger partial charge in [-0.1, -0.05) is 29.6 Å². The van der Waals surface area contributed by atoms with E-state index in [0.717, 1.165) is 25.7 Å². The summed E-state index contributed by atoms with van der Waals surface area (Å²) in [6.07, 6.45) is 3.92. The van der Waals surface area contributed by atoms with Gasteiger partial charge in [-0.05, 0) is 31.9 Å². The molecule has 132 valence electrons. The maximum atomic E-state index is 6.37. The van der Waals surface area contributed by atoms with Crippen LogP contribution in [0.3, 0.4) is 0 Å². The molecule has 2 aromatic rings. The molecule has 0 radical (unpaired) electrons. The summed E-state index contributed by atoms with van der Waals surface area (Å²) in [5.74, 6) is 1.96. The lowest BCUT2D eigenvalue weighted by molar-refractivity contribution is 0.311. The lowest BCUT2D eigenvalue weighted by Crippen LogP contribution is -2.34. The topological polar surface area (TPSA) is 83.4 Å². The molecule has 1 aromatic carbocycles. The van der Waals surface area contributed by atoms with Crippen LogP contribution >= 0.6 is 24.0 Å². The molecule has 1 aliphatic rings.